The van der Waals surface area contributed by atoms with Crippen LogP contribution in [0, 0.1) is 5.92 Å². The van der Waals surface area contributed by atoms with Gasteiger partial charge in [-0.1, -0.05) is 30.1 Å². The van der Waals surface area contributed by atoms with Crippen LogP contribution in [0.15, 0.2) is 18.2 Å². The Morgan fingerprint density at radius 1 is 1.25 bits per heavy atom. The molecule has 1 atom stereocenters. The van der Waals surface area contributed by atoms with Crippen molar-refractivity contribution >= 4 is 35.0 Å². The van der Waals surface area contributed by atoms with E-state index in [2.05, 4.69) is 10.6 Å². The van der Waals surface area contributed by atoms with Gasteiger partial charge in [-0.3, -0.25) is 9.59 Å². The molecule has 0 saturated heterocycles. The van der Waals surface area contributed by atoms with Crippen molar-refractivity contribution in [3.8, 4) is 0 Å². The minimum atomic E-state index is -0.384. The number of carbonyl (C=O) groups excluding carboxylic acids is 2. The molecule has 2 amide bonds. The van der Waals surface area contributed by atoms with Gasteiger partial charge in [0.15, 0.2) is 0 Å². The van der Waals surface area contributed by atoms with E-state index in [0.717, 1.165) is 0 Å². The van der Waals surface area contributed by atoms with Crippen LogP contribution in [-0.2, 0) is 4.79 Å². The number of hydrogen-bond acceptors (Lipinski definition) is 3. The minimum Gasteiger partial charge on any atom is -0.354 e. The van der Waals surface area contributed by atoms with E-state index in [1.54, 1.807) is 0 Å². The van der Waals surface area contributed by atoms with Gasteiger partial charge in [0, 0.05) is 12.1 Å². The van der Waals surface area contributed by atoms with Crippen molar-refractivity contribution in [3.63, 3.8) is 0 Å². The summed E-state index contributed by atoms with van der Waals surface area (Å²) in [6.07, 6.45) is 0. The maximum atomic E-state index is 11.8. The highest BCUT2D eigenvalue weighted by atomic mass is 35.5. The molecule has 20 heavy (non-hydrogen) atoms. The van der Waals surface area contributed by atoms with Crippen molar-refractivity contribution in [2.45, 2.75) is 6.92 Å². The number of nitrogens with one attached hydrogen (secondary N) is 2. The smallest absolute Gasteiger partial charge is 0.251 e. The van der Waals surface area contributed by atoms with Crippen molar-refractivity contribution in [1.82, 2.24) is 10.6 Å². The summed E-state index contributed by atoms with van der Waals surface area (Å²) in [5, 5.41) is 5.85. The van der Waals surface area contributed by atoms with E-state index in [-0.39, 0.29) is 24.3 Å². The molecule has 1 aromatic carbocycles. The maximum absolute atomic E-state index is 11.8. The van der Waals surface area contributed by atoms with Crippen molar-refractivity contribution in [1.29, 1.82) is 0 Å². The molecule has 7 heteroatoms. The van der Waals surface area contributed by atoms with Crippen molar-refractivity contribution in [2.75, 3.05) is 19.6 Å². The van der Waals surface area contributed by atoms with Gasteiger partial charge in [0.2, 0.25) is 5.91 Å². The molecule has 110 valence electrons. The molecular formula is C13H17Cl2N3O2. The molecule has 5 nitrogen and oxygen atoms in total. The number of benzene rings is 1. The average Bonchev–Trinajstić information content (AvgIpc) is 2.44. The lowest BCUT2D eigenvalue weighted by molar-refractivity contribution is -0.120. The lowest BCUT2D eigenvalue weighted by Gasteiger charge is -2.10. The zero-order chi connectivity index (χ0) is 15.1. The fraction of sp³-hybridized carbons (Fsp3) is 0.385. The van der Waals surface area contributed by atoms with Crippen molar-refractivity contribution in [2.24, 2.45) is 11.7 Å². The number of nitrogens with two attached hydrogens (primary N) is 1. The third-order valence-electron chi connectivity index (χ3n) is 2.64. The van der Waals surface area contributed by atoms with Gasteiger partial charge in [-0.25, -0.2) is 0 Å². The van der Waals surface area contributed by atoms with Crippen LogP contribution in [-0.4, -0.2) is 31.4 Å². The quantitative estimate of drug-likeness (QED) is 0.742. The zero-order valence-electron chi connectivity index (χ0n) is 11.1. The molecule has 0 saturated carbocycles. The van der Waals surface area contributed by atoms with Crippen LogP contribution in [0.5, 0.6) is 0 Å². The molecule has 1 aromatic rings. The molecule has 1 unspecified atom stereocenters. The van der Waals surface area contributed by atoms with Gasteiger partial charge in [0.25, 0.3) is 5.91 Å². The summed E-state index contributed by atoms with van der Waals surface area (Å²) in [7, 11) is 0. The van der Waals surface area contributed by atoms with E-state index < -0.39 is 0 Å². The third-order valence-corrected chi connectivity index (χ3v) is 3.38. The van der Waals surface area contributed by atoms with E-state index in [4.69, 9.17) is 28.9 Å². The molecule has 0 heterocycles. The van der Waals surface area contributed by atoms with Gasteiger partial charge in [-0.05, 0) is 30.7 Å². The average molecular weight is 318 g/mol. The van der Waals surface area contributed by atoms with Crippen LogP contribution in [0.1, 0.15) is 17.3 Å². The Kier molecular flexibility index (Phi) is 6.78. The number of hydrogen-bond donors (Lipinski definition) is 3. The van der Waals surface area contributed by atoms with Gasteiger partial charge in [-0.2, -0.15) is 0 Å². The van der Waals surface area contributed by atoms with Gasteiger partial charge >= 0.3 is 0 Å². The number of carbonyl (C=O) groups is 2. The molecule has 0 spiro atoms. The molecular weight excluding hydrogens is 301 g/mol. The van der Waals surface area contributed by atoms with Gasteiger partial charge in [0.1, 0.15) is 0 Å². The highest BCUT2D eigenvalue weighted by molar-refractivity contribution is 6.42. The Balaban J connectivity index is 2.43. The predicted molar refractivity (Wildman–Crippen MR) is 80.0 cm³/mol. The second kappa shape index (κ2) is 8.09. The number of amides is 2. The van der Waals surface area contributed by atoms with Crippen LogP contribution in [0.2, 0.25) is 10.0 Å². The Bertz CT molecular complexity index is 495. The van der Waals surface area contributed by atoms with Gasteiger partial charge in [0.05, 0.1) is 16.6 Å². The molecule has 0 aliphatic rings. The second-order valence-electron chi connectivity index (χ2n) is 4.46. The minimum absolute atomic E-state index is 0.101. The van der Waals surface area contributed by atoms with Crippen molar-refractivity contribution in [3.05, 3.63) is 33.8 Å². The van der Waals surface area contributed by atoms with Crippen LogP contribution >= 0.6 is 23.2 Å². The first-order chi connectivity index (χ1) is 9.43. The standard InChI is InChI=1S/C13H17Cl2N3O2/c1-8(5-16)6-17-12(19)7-18-13(20)9-2-3-10(14)11(15)4-9/h2-4,8H,5-7,16H2,1H3,(H,17,19)(H,18,20). The van der Waals surface area contributed by atoms with Crippen LogP contribution in [0.3, 0.4) is 0 Å². The fourth-order valence-electron chi connectivity index (χ4n) is 1.33. The Morgan fingerprint density at radius 2 is 1.95 bits per heavy atom. The molecule has 0 aliphatic heterocycles. The first-order valence-corrected chi connectivity index (χ1v) is 6.89. The molecule has 0 bridgehead atoms. The summed E-state index contributed by atoms with van der Waals surface area (Å²) in [6, 6.07) is 4.52. The first-order valence-electron chi connectivity index (χ1n) is 6.14. The van der Waals surface area contributed by atoms with Crippen molar-refractivity contribution < 1.29 is 9.59 Å². The number of halogens is 2. The van der Waals surface area contributed by atoms with E-state index in [0.29, 0.717) is 28.7 Å². The summed E-state index contributed by atoms with van der Waals surface area (Å²) in [6.45, 7) is 2.80. The third kappa shape index (κ3) is 5.36. The van der Waals surface area contributed by atoms with Crippen LogP contribution in [0.25, 0.3) is 0 Å². The molecule has 0 aliphatic carbocycles. The first kappa shape index (κ1) is 16.8. The Hall–Kier alpha value is -1.30. The number of rotatable bonds is 6. The normalized spacial score (nSPS) is 11.8. The van der Waals surface area contributed by atoms with Gasteiger partial charge in [-0.15, -0.1) is 0 Å². The lowest BCUT2D eigenvalue weighted by atomic mass is 10.2. The van der Waals surface area contributed by atoms with E-state index in [1.807, 2.05) is 6.92 Å². The fourth-order valence-corrected chi connectivity index (χ4v) is 1.63. The Labute approximate surface area is 127 Å². The highest BCUT2D eigenvalue weighted by Gasteiger charge is 2.10. The molecule has 0 radical (unpaired) electrons. The predicted octanol–water partition coefficient (Wildman–Crippen LogP) is 1.43. The molecule has 1 rings (SSSR count). The van der Waals surface area contributed by atoms with E-state index >= 15 is 0 Å². The monoisotopic (exact) mass is 317 g/mol. The summed E-state index contributed by atoms with van der Waals surface area (Å²) in [4.78, 5) is 23.3. The summed E-state index contributed by atoms with van der Waals surface area (Å²) < 4.78 is 0. The van der Waals surface area contributed by atoms with Crippen LogP contribution < -0.4 is 16.4 Å². The molecule has 4 N–H and O–H groups in total. The zero-order valence-corrected chi connectivity index (χ0v) is 12.6. The summed E-state index contributed by atoms with van der Waals surface area (Å²) >= 11 is 11.6. The van der Waals surface area contributed by atoms with Gasteiger partial charge < -0.3 is 16.4 Å². The Morgan fingerprint density at radius 3 is 2.55 bits per heavy atom. The molecule has 0 aromatic heterocycles. The largest absolute Gasteiger partial charge is 0.354 e. The maximum Gasteiger partial charge on any atom is 0.251 e. The topological polar surface area (TPSA) is 84.2 Å². The molecule has 0 fully saturated rings. The summed E-state index contributed by atoms with van der Waals surface area (Å²) in [5.74, 6) is -0.450. The van der Waals surface area contributed by atoms with E-state index in [1.165, 1.54) is 18.2 Å². The lowest BCUT2D eigenvalue weighted by Crippen LogP contribution is -2.39. The SMILES string of the molecule is CC(CN)CNC(=O)CNC(=O)c1ccc(Cl)c(Cl)c1. The van der Waals surface area contributed by atoms with E-state index in [9.17, 15) is 9.59 Å². The highest BCUT2D eigenvalue weighted by Crippen LogP contribution is 2.22. The summed E-state index contributed by atoms with van der Waals surface area (Å²) in [5.41, 5.74) is 5.79. The second-order valence-corrected chi connectivity index (χ2v) is 5.27. The van der Waals surface area contributed by atoms with Crippen LogP contribution in [0.4, 0.5) is 0 Å².